The smallest absolute Gasteiger partial charge is 0.165 e. The molecule has 0 saturated heterocycles. The number of nitrogens with zero attached hydrogens (tertiary/aromatic N) is 1. The van der Waals surface area contributed by atoms with Crippen LogP contribution in [0, 0.1) is 26.2 Å². The van der Waals surface area contributed by atoms with Gasteiger partial charge in [0.1, 0.15) is 0 Å². The van der Waals surface area contributed by atoms with Crippen molar-refractivity contribution in [2.75, 3.05) is 0 Å². The molecule has 0 fully saturated rings. The minimum atomic E-state index is -0.0746. The molecule has 3 aliphatic carbocycles. The first-order chi connectivity index (χ1) is 16.5. The molecular weight excluding hydrogens is 450 g/mol. The fraction of sp³-hybridized carbons (Fsp3) is 0.344. The van der Waals surface area contributed by atoms with Crippen LogP contribution in [-0.2, 0) is 6.42 Å². The largest absolute Gasteiger partial charge is 0.317 e. The van der Waals surface area contributed by atoms with Gasteiger partial charge in [-0.05, 0) is 96.2 Å². The predicted octanol–water partition coefficient (Wildman–Crippen LogP) is 9.11. The van der Waals surface area contributed by atoms with E-state index >= 15 is 0 Å². The highest BCUT2D eigenvalue weighted by Gasteiger charge is 2.38. The van der Waals surface area contributed by atoms with E-state index in [1.807, 2.05) is 12.1 Å². The first kappa shape index (κ1) is 23.9. The number of carbonyl (C=O) groups is 1. The molecule has 0 unspecified atom stereocenters. The molecule has 180 valence electrons. The van der Waals surface area contributed by atoms with Crippen molar-refractivity contribution in [1.82, 2.24) is 4.57 Å². The van der Waals surface area contributed by atoms with E-state index in [2.05, 4.69) is 89.4 Å². The van der Waals surface area contributed by atoms with Crippen molar-refractivity contribution in [2.45, 2.75) is 67.2 Å². The molecule has 2 nitrogen and oxygen atoms in total. The van der Waals surface area contributed by atoms with Gasteiger partial charge in [0.15, 0.2) is 5.78 Å². The zero-order valence-corrected chi connectivity index (χ0v) is 22.6. The van der Waals surface area contributed by atoms with Crippen molar-refractivity contribution in [2.24, 2.45) is 5.41 Å². The molecule has 1 heterocycles. The van der Waals surface area contributed by atoms with Crippen LogP contribution in [0.15, 0.2) is 48.5 Å². The van der Waals surface area contributed by atoms with Crippen LogP contribution >= 0.6 is 11.6 Å². The second-order valence-corrected chi connectivity index (χ2v) is 11.8. The molecule has 0 bridgehead atoms. The standard InChI is InChI=1S/C32H34ClNO/c1-18(2)22-9-8-19(3)29-25(15-22)20(4)14-26(29)30-21(5)34(24-12-10-23(33)11-13-24)27-16-32(6,7)17-28(35)31(27)30/h8-15,18H,16-17H2,1-7H3. The maximum atomic E-state index is 13.7. The van der Waals surface area contributed by atoms with Gasteiger partial charge in [0.2, 0.25) is 0 Å². The Hall–Kier alpha value is -2.84. The highest BCUT2D eigenvalue weighted by molar-refractivity contribution is 6.30. The van der Waals surface area contributed by atoms with Crippen LogP contribution < -0.4 is 0 Å². The molecule has 0 spiro atoms. The summed E-state index contributed by atoms with van der Waals surface area (Å²) in [5.41, 5.74) is 12.7. The highest BCUT2D eigenvalue weighted by Crippen LogP contribution is 2.48. The zero-order chi connectivity index (χ0) is 25.2. The SMILES string of the molecule is Cc1cc(-c2c3c(n(-c4ccc(Cl)cc4)c2C)CC(C)(C)CC3=O)c2c(C)ccc(C(C)C)cc1-2. The quantitative estimate of drug-likeness (QED) is 0.284. The Labute approximate surface area is 214 Å². The maximum Gasteiger partial charge on any atom is 0.165 e. The Kier molecular flexibility index (Phi) is 5.72. The van der Waals surface area contributed by atoms with Gasteiger partial charge in [0.25, 0.3) is 0 Å². The first-order valence-corrected chi connectivity index (χ1v) is 12.9. The molecule has 0 N–H and O–H groups in total. The molecule has 0 aliphatic heterocycles. The van der Waals surface area contributed by atoms with E-state index in [1.54, 1.807) is 0 Å². The summed E-state index contributed by atoms with van der Waals surface area (Å²) < 4.78 is 2.30. The first-order valence-electron chi connectivity index (χ1n) is 12.6. The van der Waals surface area contributed by atoms with Crippen molar-refractivity contribution in [3.05, 3.63) is 87.2 Å². The van der Waals surface area contributed by atoms with E-state index in [9.17, 15) is 4.79 Å². The molecule has 0 atom stereocenters. The summed E-state index contributed by atoms with van der Waals surface area (Å²) >= 11 is 6.22. The molecule has 1 aromatic carbocycles. The van der Waals surface area contributed by atoms with Crippen LogP contribution in [0.3, 0.4) is 0 Å². The predicted molar refractivity (Wildman–Crippen MR) is 148 cm³/mol. The molecule has 35 heavy (non-hydrogen) atoms. The Morgan fingerprint density at radius 2 is 1.51 bits per heavy atom. The summed E-state index contributed by atoms with van der Waals surface area (Å²) in [6.45, 7) is 15.4. The van der Waals surface area contributed by atoms with Gasteiger partial charge in [-0.2, -0.15) is 0 Å². The normalized spacial score (nSPS) is 15.2. The molecular formula is C32H34ClNO. The van der Waals surface area contributed by atoms with E-state index in [1.165, 1.54) is 33.4 Å². The third kappa shape index (κ3) is 3.93. The van der Waals surface area contributed by atoms with E-state index < -0.39 is 0 Å². The molecule has 0 radical (unpaired) electrons. The van der Waals surface area contributed by atoms with Gasteiger partial charge in [-0.25, -0.2) is 0 Å². The van der Waals surface area contributed by atoms with Crippen molar-refractivity contribution < 1.29 is 4.79 Å². The summed E-state index contributed by atoms with van der Waals surface area (Å²) in [7, 11) is 0. The summed E-state index contributed by atoms with van der Waals surface area (Å²) in [4.78, 5) is 13.7. The molecule has 3 heteroatoms. The van der Waals surface area contributed by atoms with E-state index in [0.29, 0.717) is 17.4 Å². The van der Waals surface area contributed by atoms with Crippen molar-refractivity contribution >= 4 is 17.4 Å². The number of aromatic nitrogens is 1. The topological polar surface area (TPSA) is 22.0 Å². The van der Waals surface area contributed by atoms with Gasteiger partial charge in [-0.3, -0.25) is 4.79 Å². The Balaban J connectivity index is 1.85. The van der Waals surface area contributed by atoms with E-state index in [4.69, 9.17) is 11.6 Å². The number of carbonyl (C=O) groups excluding carboxylic acids is 1. The fourth-order valence-electron chi connectivity index (χ4n) is 5.92. The van der Waals surface area contributed by atoms with E-state index in [0.717, 1.165) is 34.6 Å². The second-order valence-electron chi connectivity index (χ2n) is 11.4. The zero-order valence-electron chi connectivity index (χ0n) is 21.8. The Bertz CT molecular complexity index is 1440. The van der Waals surface area contributed by atoms with Gasteiger partial charge in [0.05, 0.1) is 0 Å². The molecule has 0 saturated carbocycles. The fourth-order valence-corrected chi connectivity index (χ4v) is 6.05. The lowest BCUT2D eigenvalue weighted by atomic mass is 9.75. The third-order valence-corrected chi connectivity index (χ3v) is 7.90. The van der Waals surface area contributed by atoms with Crippen LogP contribution in [0.2, 0.25) is 5.02 Å². The summed E-state index contributed by atoms with van der Waals surface area (Å²) in [5, 5.41) is 0.714. The summed E-state index contributed by atoms with van der Waals surface area (Å²) in [6.07, 6.45) is 1.43. The molecule has 1 aromatic heterocycles. The number of benzene rings is 1. The van der Waals surface area contributed by atoms with Crippen LogP contribution in [0.4, 0.5) is 0 Å². The maximum absolute atomic E-state index is 13.7. The van der Waals surface area contributed by atoms with Crippen molar-refractivity contribution in [3.63, 3.8) is 0 Å². The number of rotatable bonds is 3. The van der Waals surface area contributed by atoms with E-state index in [-0.39, 0.29) is 11.2 Å². The highest BCUT2D eigenvalue weighted by atomic mass is 35.5. The lowest BCUT2D eigenvalue weighted by Gasteiger charge is -2.30. The Morgan fingerprint density at radius 3 is 2.17 bits per heavy atom. The van der Waals surface area contributed by atoms with Crippen molar-refractivity contribution in [3.8, 4) is 27.9 Å². The van der Waals surface area contributed by atoms with Gasteiger partial charge >= 0.3 is 0 Å². The molecule has 5 rings (SSSR count). The van der Waals surface area contributed by atoms with Gasteiger partial charge in [-0.15, -0.1) is 0 Å². The summed E-state index contributed by atoms with van der Waals surface area (Å²) in [6, 6.07) is 17.1. The number of hydrogen-bond donors (Lipinski definition) is 0. The van der Waals surface area contributed by atoms with Crippen LogP contribution in [0.1, 0.15) is 78.5 Å². The number of hydrogen-bond acceptors (Lipinski definition) is 1. The molecule has 3 aliphatic rings. The second kappa shape index (κ2) is 8.38. The van der Waals surface area contributed by atoms with Crippen LogP contribution in [0.25, 0.3) is 27.9 Å². The average molecular weight is 484 g/mol. The van der Waals surface area contributed by atoms with Crippen molar-refractivity contribution in [1.29, 1.82) is 0 Å². The molecule has 0 amide bonds. The van der Waals surface area contributed by atoms with Gasteiger partial charge in [-0.1, -0.05) is 63.6 Å². The lowest BCUT2D eigenvalue weighted by molar-refractivity contribution is 0.0911. The minimum Gasteiger partial charge on any atom is -0.317 e. The minimum absolute atomic E-state index is 0.0746. The number of aryl methyl sites for hydroxylation is 2. The average Bonchev–Trinajstić information content (AvgIpc) is 3.15. The Morgan fingerprint density at radius 1 is 0.829 bits per heavy atom. The number of Topliss-reactive ketones (excluding diaryl/α,β-unsaturated/α-hetero) is 1. The number of fused-ring (bicyclic) bond motifs is 2. The number of halogens is 1. The lowest BCUT2D eigenvalue weighted by Crippen LogP contribution is -2.28. The van der Waals surface area contributed by atoms with Gasteiger partial charge < -0.3 is 4.57 Å². The van der Waals surface area contributed by atoms with Gasteiger partial charge in [0, 0.05) is 39.6 Å². The van der Waals surface area contributed by atoms with Crippen LogP contribution in [0.5, 0.6) is 0 Å². The number of ketones is 1. The summed E-state index contributed by atoms with van der Waals surface area (Å²) in [5.74, 6) is 0.696. The van der Waals surface area contributed by atoms with Crippen LogP contribution in [-0.4, -0.2) is 10.4 Å². The third-order valence-electron chi connectivity index (χ3n) is 7.65. The molecule has 2 aromatic rings. The monoisotopic (exact) mass is 483 g/mol.